The summed E-state index contributed by atoms with van der Waals surface area (Å²) in [6, 6.07) is 0. The molecule has 0 spiro atoms. The molecule has 1 aliphatic rings. The molecule has 0 amide bonds. The Morgan fingerprint density at radius 3 is 2.39 bits per heavy atom. The van der Waals surface area contributed by atoms with Crippen LogP contribution in [0.2, 0.25) is 0 Å². The van der Waals surface area contributed by atoms with Gasteiger partial charge in [-0.1, -0.05) is 0 Å². The fraction of sp³-hybridized carbons (Fsp3) is 0.143. The van der Waals surface area contributed by atoms with Gasteiger partial charge in [0.15, 0.2) is 11.7 Å². The van der Waals surface area contributed by atoms with E-state index in [1.165, 1.54) is 12.4 Å². The quantitative estimate of drug-likeness (QED) is 0.411. The molecule has 0 bridgehead atoms. The van der Waals surface area contributed by atoms with Crippen LogP contribution in [0.4, 0.5) is 5.69 Å². The Bertz CT molecular complexity index is 549. The number of hydrogen-bond donors (Lipinski definition) is 5. The van der Waals surface area contributed by atoms with Crippen LogP contribution in [0, 0.1) is 0 Å². The predicted octanol–water partition coefficient (Wildman–Crippen LogP) is -1.60. The normalized spacial score (nSPS) is 15.2. The van der Waals surface area contributed by atoms with E-state index < -0.39 is 13.8 Å². The van der Waals surface area contributed by atoms with Gasteiger partial charge in [-0.3, -0.25) is 15.4 Å². The molecular weight excluding hydrogens is 261 g/mol. The van der Waals surface area contributed by atoms with Gasteiger partial charge in [0, 0.05) is 0 Å². The lowest BCUT2D eigenvalue weighted by molar-refractivity contribution is 0.377. The molecule has 0 saturated heterocycles. The van der Waals surface area contributed by atoms with Gasteiger partial charge in [-0.2, -0.15) is 10.2 Å². The molecule has 2 rings (SSSR count). The predicted molar refractivity (Wildman–Crippen MR) is 63.6 cm³/mol. The van der Waals surface area contributed by atoms with Crippen molar-refractivity contribution in [3.8, 4) is 0 Å². The molecule has 1 aromatic heterocycles. The van der Waals surface area contributed by atoms with Crippen molar-refractivity contribution < 1.29 is 14.4 Å². The van der Waals surface area contributed by atoms with E-state index in [1.54, 1.807) is 0 Å². The summed E-state index contributed by atoms with van der Waals surface area (Å²) in [4.78, 5) is 25.3. The van der Waals surface area contributed by atoms with Gasteiger partial charge in [-0.15, -0.1) is 0 Å². The summed E-state index contributed by atoms with van der Waals surface area (Å²) < 4.78 is 10.7. The zero-order valence-corrected chi connectivity index (χ0v) is 9.87. The molecule has 0 aliphatic carbocycles. The number of aromatic nitrogens is 2. The number of nitrogens with two attached hydrogens (primary N) is 1. The van der Waals surface area contributed by atoms with Crippen LogP contribution in [0.15, 0.2) is 22.6 Å². The van der Waals surface area contributed by atoms with Crippen molar-refractivity contribution in [3.05, 3.63) is 18.2 Å². The van der Waals surface area contributed by atoms with Crippen LogP contribution < -0.4 is 16.6 Å². The Balaban J connectivity index is 2.05. The second kappa shape index (κ2) is 4.69. The van der Waals surface area contributed by atoms with Crippen molar-refractivity contribution in [3.63, 3.8) is 0 Å². The van der Waals surface area contributed by atoms with Crippen molar-refractivity contribution in [2.45, 2.75) is 0 Å². The van der Waals surface area contributed by atoms with Gasteiger partial charge < -0.3 is 15.5 Å². The smallest absolute Gasteiger partial charge is 0.333 e. The number of rotatable bonds is 3. The van der Waals surface area contributed by atoms with Crippen molar-refractivity contribution in [2.75, 3.05) is 11.9 Å². The monoisotopic (exact) mass is 271 g/mol. The Labute approximate surface area is 101 Å². The third-order valence-corrected chi connectivity index (χ3v) is 2.54. The summed E-state index contributed by atoms with van der Waals surface area (Å²) in [5.74, 6) is 0.516. The number of nitrogen functional groups attached to an aromatic ring is 1. The van der Waals surface area contributed by atoms with E-state index in [4.69, 9.17) is 15.5 Å². The van der Waals surface area contributed by atoms with E-state index in [0.29, 0.717) is 5.69 Å². The molecular formula is C7H10N7O3P. The maximum Gasteiger partial charge on any atom is 0.333 e. The number of hydrazone groups is 2. The fourth-order valence-electron chi connectivity index (χ4n) is 1.12. The van der Waals surface area contributed by atoms with Gasteiger partial charge in [0.2, 0.25) is 5.84 Å². The molecule has 1 aromatic rings. The second-order valence-corrected chi connectivity index (χ2v) is 5.05. The van der Waals surface area contributed by atoms with Crippen molar-refractivity contribution in [2.24, 2.45) is 10.2 Å². The zero-order chi connectivity index (χ0) is 13.2. The lowest BCUT2D eigenvalue weighted by atomic mass is 10.5. The average Bonchev–Trinajstić information content (AvgIpc) is 2.29. The molecule has 2 heterocycles. The second-order valence-electron chi connectivity index (χ2n) is 3.41. The van der Waals surface area contributed by atoms with Gasteiger partial charge in [0.05, 0.1) is 18.1 Å². The summed E-state index contributed by atoms with van der Waals surface area (Å²) in [5, 5.41) is 7.53. The minimum Gasteiger partial charge on any atom is -0.396 e. The van der Waals surface area contributed by atoms with E-state index in [-0.39, 0.29) is 17.5 Å². The highest BCUT2D eigenvalue weighted by atomic mass is 31.2. The van der Waals surface area contributed by atoms with E-state index in [0.717, 1.165) is 0 Å². The van der Waals surface area contributed by atoms with Crippen molar-refractivity contribution in [1.29, 1.82) is 0 Å². The highest BCUT2D eigenvalue weighted by molar-refractivity contribution is 7.52. The molecule has 6 N–H and O–H groups in total. The van der Waals surface area contributed by atoms with Gasteiger partial charge in [-0.05, 0) is 0 Å². The molecule has 18 heavy (non-hydrogen) atoms. The van der Waals surface area contributed by atoms with Gasteiger partial charge in [0.1, 0.15) is 6.16 Å². The molecule has 0 saturated carbocycles. The van der Waals surface area contributed by atoms with Crippen LogP contribution in [-0.2, 0) is 4.57 Å². The van der Waals surface area contributed by atoms with Gasteiger partial charge >= 0.3 is 7.60 Å². The SMILES string of the molecule is Nc1cnc(C2=NNC(CP(=O)(O)O)=NN2)nc1. The molecule has 0 radical (unpaired) electrons. The van der Waals surface area contributed by atoms with Gasteiger partial charge in [0.25, 0.3) is 0 Å². The van der Waals surface area contributed by atoms with Crippen LogP contribution in [0.1, 0.15) is 5.82 Å². The number of nitrogens with one attached hydrogen (secondary N) is 2. The summed E-state index contributed by atoms with van der Waals surface area (Å²) >= 11 is 0. The molecule has 0 fully saturated rings. The maximum atomic E-state index is 10.7. The molecule has 11 heteroatoms. The minimum absolute atomic E-state index is 0.0301. The minimum atomic E-state index is -4.18. The third-order valence-electron chi connectivity index (χ3n) is 1.83. The Morgan fingerprint density at radius 1 is 1.22 bits per heavy atom. The Hall–Kier alpha value is -2.03. The largest absolute Gasteiger partial charge is 0.396 e. The van der Waals surface area contributed by atoms with Crippen LogP contribution >= 0.6 is 7.60 Å². The number of anilines is 1. The number of amidine groups is 2. The van der Waals surface area contributed by atoms with Crippen molar-refractivity contribution >= 4 is 25.0 Å². The van der Waals surface area contributed by atoms with E-state index in [1.807, 2.05) is 0 Å². The zero-order valence-electron chi connectivity index (χ0n) is 8.98. The Kier molecular flexibility index (Phi) is 3.24. The van der Waals surface area contributed by atoms with Crippen LogP contribution in [0.5, 0.6) is 0 Å². The maximum absolute atomic E-state index is 10.7. The van der Waals surface area contributed by atoms with E-state index >= 15 is 0 Å². The standard InChI is InChI=1S/C7H10N7O3P/c8-4-1-9-6(10-2-4)7-13-11-5(12-14-7)3-18(15,16)17/h1-2H,3,8H2,(H,11,12)(H,13,14)(H2,15,16,17). The lowest BCUT2D eigenvalue weighted by Gasteiger charge is -2.14. The summed E-state index contributed by atoms with van der Waals surface area (Å²) in [6.07, 6.45) is 2.28. The first-order valence-electron chi connectivity index (χ1n) is 4.73. The van der Waals surface area contributed by atoms with Crippen molar-refractivity contribution in [1.82, 2.24) is 20.8 Å². The van der Waals surface area contributed by atoms with Crippen LogP contribution in [0.3, 0.4) is 0 Å². The van der Waals surface area contributed by atoms with Crippen LogP contribution in [0.25, 0.3) is 0 Å². The molecule has 1 aliphatic heterocycles. The third kappa shape index (κ3) is 3.23. The number of hydrogen-bond acceptors (Lipinski definition) is 8. The first-order valence-corrected chi connectivity index (χ1v) is 6.52. The first-order chi connectivity index (χ1) is 8.44. The van der Waals surface area contributed by atoms with E-state index in [9.17, 15) is 4.57 Å². The summed E-state index contributed by atoms with van der Waals surface area (Å²) in [5.41, 5.74) is 10.7. The fourth-order valence-corrected chi connectivity index (χ4v) is 1.65. The average molecular weight is 271 g/mol. The van der Waals surface area contributed by atoms with Gasteiger partial charge in [-0.25, -0.2) is 9.97 Å². The Morgan fingerprint density at radius 2 is 1.89 bits per heavy atom. The lowest BCUT2D eigenvalue weighted by Crippen LogP contribution is -2.36. The highest BCUT2D eigenvalue weighted by Gasteiger charge is 2.20. The molecule has 10 nitrogen and oxygen atoms in total. The molecule has 0 aromatic carbocycles. The topological polar surface area (TPSA) is 158 Å². The first kappa shape index (κ1) is 12.4. The molecule has 0 unspecified atom stereocenters. The van der Waals surface area contributed by atoms with E-state index in [2.05, 4.69) is 31.0 Å². The molecule has 96 valence electrons. The molecule has 0 atom stereocenters. The summed E-state index contributed by atoms with van der Waals surface area (Å²) in [7, 11) is -4.18. The highest BCUT2D eigenvalue weighted by Crippen LogP contribution is 2.33. The van der Waals surface area contributed by atoms with Crippen LogP contribution in [-0.4, -0.2) is 37.6 Å². The number of nitrogens with zero attached hydrogens (tertiary/aromatic N) is 4. The summed E-state index contributed by atoms with van der Waals surface area (Å²) in [6.45, 7) is 0.